The second kappa shape index (κ2) is 9.14. The molecule has 0 bridgehead atoms. The Morgan fingerprint density at radius 3 is 2.58 bits per heavy atom. The molecule has 5 heteroatoms. The van der Waals surface area contributed by atoms with Crippen molar-refractivity contribution in [3.8, 4) is 0 Å². The largest absolute Gasteiger partial charge is 0.396 e. The van der Waals surface area contributed by atoms with Crippen LogP contribution in [0.25, 0.3) is 0 Å². The molecule has 2 N–H and O–H groups in total. The van der Waals surface area contributed by atoms with E-state index < -0.39 is 0 Å². The Morgan fingerprint density at radius 1 is 1.33 bits per heavy atom. The number of hydrogen-bond donors (Lipinski definition) is 2. The number of aliphatic hydroxyl groups is 1. The van der Waals surface area contributed by atoms with Crippen molar-refractivity contribution in [2.45, 2.75) is 44.9 Å². The summed E-state index contributed by atoms with van der Waals surface area (Å²) in [6.45, 7) is 3.88. The van der Waals surface area contributed by atoms with Crippen molar-refractivity contribution in [3.63, 3.8) is 0 Å². The van der Waals surface area contributed by atoms with Gasteiger partial charge >= 0.3 is 0 Å². The molecule has 1 aliphatic heterocycles. The zero-order valence-electron chi connectivity index (χ0n) is 14.4. The first-order chi connectivity index (χ1) is 11.6. The Hall–Kier alpha value is -1.46. The lowest BCUT2D eigenvalue weighted by Gasteiger charge is -2.35. The Bertz CT molecular complexity index is 512. The number of ether oxygens (including phenoxy) is 1. The molecule has 1 saturated heterocycles. The summed E-state index contributed by atoms with van der Waals surface area (Å²) in [6.07, 6.45) is 3.77. The van der Waals surface area contributed by atoms with Gasteiger partial charge in [-0.1, -0.05) is 25.5 Å². The van der Waals surface area contributed by atoms with E-state index in [9.17, 15) is 14.3 Å². The first-order valence-electron chi connectivity index (χ1n) is 8.79. The number of rotatable bonds is 8. The number of hydrogen-bond acceptors (Lipinski definition) is 3. The van der Waals surface area contributed by atoms with Crippen molar-refractivity contribution in [1.82, 2.24) is 5.32 Å². The van der Waals surface area contributed by atoms with Crippen LogP contribution in [0.3, 0.4) is 0 Å². The number of benzene rings is 1. The van der Waals surface area contributed by atoms with E-state index in [2.05, 4.69) is 12.2 Å². The third kappa shape index (κ3) is 5.28. The lowest BCUT2D eigenvalue weighted by atomic mass is 9.81. The minimum Gasteiger partial charge on any atom is -0.396 e. The molecule has 1 fully saturated rings. The fourth-order valence-corrected chi connectivity index (χ4v) is 3.25. The van der Waals surface area contributed by atoms with Crippen LogP contribution in [0.4, 0.5) is 4.39 Å². The summed E-state index contributed by atoms with van der Waals surface area (Å²) < 4.78 is 18.4. The zero-order chi connectivity index (χ0) is 17.4. The molecule has 24 heavy (non-hydrogen) atoms. The molecule has 4 nitrogen and oxygen atoms in total. The van der Waals surface area contributed by atoms with Crippen LogP contribution in [0.5, 0.6) is 0 Å². The predicted molar refractivity (Wildman–Crippen MR) is 91.2 cm³/mol. The van der Waals surface area contributed by atoms with Crippen molar-refractivity contribution in [2.75, 3.05) is 26.4 Å². The highest BCUT2D eigenvalue weighted by Gasteiger charge is 2.32. The highest BCUT2D eigenvalue weighted by Crippen LogP contribution is 2.29. The fourth-order valence-electron chi connectivity index (χ4n) is 3.25. The predicted octanol–water partition coefficient (Wildman–Crippen LogP) is 3.00. The summed E-state index contributed by atoms with van der Waals surface area (Å²) in [4.78, 5) is 12.4. The maximum absolute atomic E-state index is 13.1. The summed E-state index contributed by atoms with van der Waals surface area (Å²) >= 11 is 0. The van der Waals surface area contributed by atoms with Gasteiger partial charge in [0.05, 0.1) is 6.61 Å². The molecule has 0 saturated carbocycles. The SMILES string of the molecule is CCCC(CC(=O)NCC1(CO)CCOCC1)c1ccc(F)cc1. The molecule has 1 unspecified atom stereocenters. The molecule has 1 atom stereocenters. The molecular formula is C19H28FNO3. The van der Waals surface area contributed by atoms with E-state index in [0.717, 1.165) is 31.2 Å². The van der Waals surface area contributed by atoms with Gasteiger partial charge < -0.3 is 15.2 Å². The van der Waals surface area contributed by atoms with Crippen LogP contribution in [-0.4, -0.2) is 37.4 Å². The fraction of sp³-hybridized carbons (Fsp3) is 0.632. The van der Waals surface area contributed by atoms with Crippen LogP contribution in [0.15, 0.2) is 24.3 Å². The Labute approximate surface area is 143 Å². The lowest BCUT2D eigenvalue weighted by molar-refractivity contribution is -0.122. The maximum Gasteiger partial charge on any atom is 0.220 e. The Morgan fingerprint density at radius 2 is 2.00 bits per heavy atom. The zero-order valence-corrected chi connectivity index (χ0v) is 14.4. The van der Waals surface area contributed by atoms with Gasteiger partial charge in [-0.3, -0.25) is 4.79 Å². The van der Waals surface area contributed by atoms with Crippen molar-refractivity contribution < 1.29 is 19.0 Å². The number of nitrogens with one attached hydrogen (secondary N) is 1. The summed E-state index contributed by atoms with van der Waals surface area (Å²) in [6, 6.07) is 6.41. The average molecular weight is 337 g/mol. The minimum atomic E-state index is -0.261. The highest BCUT2D eigenvalue weighted by atomic mass is 19.1. The number of carbonyl (C=O) groups excluding carboxylic acids is 1. The van der Waals surface area contributed by atoms with Crippen LogP contribution in [-0.2, 0) is 9.53 Å². The topological polar surface area (TPSA) is 58.6 Å². The van der Waals surface area contributed by atoms with E-state index in [1.807, 2.05) is 0 Å². The average Bonchev–Trinajstić information content (AvgIpc) is 2.61. The monoisotopic (exact) mass is 337 g/mol. The van der Waals surface area contributed by atoms with Crippen LogP contribution < -0.4 is 5.32 Å². The van der Waals surface area contributed by atoms with E-state index in [1.54, 1.807) is 12.1 Å². The van der Waals surface area contributed by atoms with Gasteiger partial charge in [0, 0.05) is 31.6 Å². The molecule has 2 rings (SSSR count). The molecule has 1 aliphatic rings. The van der Waals surface area contributed by atoms with Crippen molar-refractivity contribution in [2.24, 2.45) is 5.41 Å². The first kappa shape index (κ1) is 18.9. The molecule has 1 aromatic carbocycles. The van der Waals surface area contributed by atoms with Crippen molar-refractivity contribution in [3.05, 3.63) is 35.6 Å². The van der Waals surface area contributed by atoms with Gasteiger partial charge in [-0.2, -0.15) is 0 Å². The van der Waals surface area contributed by atoms with Crippen LogP contribution >= 0.6 is 0 Å². The summed E-state index contributed by atoms with van der Waals surface area (Å²) in [5, 5.41) is 12.7. The third-order valence-corrected chi connectivity index (χ3v) is 4.96. The normalized spacial score (nSPS) is 18.1. The van der Waals surface area contributed by atoms with Gasteiger partial charge in [-0.15, -0.1) is 0 Å². The van der Waals surface area contributed by atoms with E-state index in [-0.39, 0.29) is 29.7 Å². The van der Waals surface area contributed by atoms with Gasteiger partial charge in [0.15, 0.2) is 0 Å². The molecule has 0 radical (unpaired) electrons. The molecule has 1 heterocycles. The smallest absolute Gasteiger partial charge is 0.220 e. The van der Waals surface area contributed by atoms with Gasteiger partial charge in [-0.05, 0) is 42.9 Å². The lowest BCUT2D eigenvalue weighted by Crippen LogP contribution is -2.44. The molecule has 0 spiro atoms. The molecule has 134 valence electrons. The third-order valence-electron chi connectivity index (χ3n) is 4.96. The standard InChI is InChI=1S/C19H28FNO3/c1-2-3-16(15-4-6-17(20)7-5-15)12-18(23)21-13-19(14-22)8-10-24-11-9-19/h4-7,16,22H,2-3,8-14H2,1H3,(H,21,23). The second-order valence-corrected chi connectivity index (χ2v) is 6.79. The number of amides is 1. The number of aliphatic hydroxyl groups excluding tert-OH is 1. The van der Waals surface area contributed by atoms with Crippen LogP contribution in [0, 0.1) is 11.2 Å². The van der Waals surface area contributed by atoms with Gasteiger partial charge in [-0.25, -0.2) is 4.39 Å². The molecule has 1 amide bonds. The second-order valence-electron chi connectivity index (χ2n) is 6.79. The Balaban J connectivity index is 1.91. The molecular weight excluding hydrogens is 309 g/mol. The molecule has 0 aliphatic carbocycles. The molecule has 0 aromatic heterocycles. The maximum atomic E-state index is 13.1. The van der Waals surface area contributed by atoms with Crippen molar-refractivity contribution >= 4 is 5.91 Å². The van der Waals surface area contributed by atoms with Crippen molar-refractivity contribution in [1.29, 1.82) is 0 Å². The Kier molecular flexibility index (Phi) is 7.18. The van der Waals surface area contributed by atoms with E-state index in [0.29, 0.717) is 26.2 Å². The highest BCUT2D eigenvalue weighted by molar-refractivity contribution is 5.76. The van der Waals surface area contributed by atoms with Crippen LogP contribution in [0.2, 0.25) is 0 Å². The minimum absolute atomic E-state index is 0.0166. The quantitative estimate of drug-likeness (QED) is 0.767. The summed E-state index contributed by atoms with van der Waals surface area (Å²) in [5.41, 5.74) is 0.737. The van der Waals surface area contributed by atoms with Gasteiger partial charge in [0.25, 0.3) is 0 Å². The first-order valence-corrected chi connectivity index (χ1v) is 8.79. The summed E-state index contributed by atoms with van der Waals surface area (Å²) in [5.74, 6) is -0.185. The van der Waals surface area contributed by atoms with Gasteiger partial charge in [0.2, 0.25) is 5.91 Å². The summed E-state index contributed by atoms with van der Waals surface area (Å²) in [7, 11) is 0. The van der Waals surface area contributed by atoms with Gasteiger partial charge in [0.1, 0.15) is 5.82 Å². The van der Waals surface area contributed by atoms with E-state index in [1.165, 1.54) is 12.1 Å². The van der Waals surface area contributed by atoms with E-state index in [4.69, 9.17) is 4.74 Å². The van der Waals surface area contributed by atoms with E-state index >= 15 is 0 Å². The number of halogens is 1. The van der Waals surface area contributed by atoms with Crippen LogP contribution in [0.1, 0.15) is 50.5 Å². The number of carbonyl (C=O) groups is 1. The molecule has 1 aromatic rings.